The molecular weight excluding hydrogens is 287 g/mol. The third kappa shape index (κ3) is 2.73. The van der Waals surface area contributed by atoms with E-state index in [4.69, 9.17) is 4.42 Å². The number of halogens is 2. The van der Waals surface area contributed by atoms with E-state index in [1.807, 2.05) is 7.05 Å². The van der Waals surface area contributed by atoms with Crippen molar-refractivity contribution in [1.29, 1.82) is 0 Å². The number of oxazole rings is 1. The number of likely N-dealkylation sites (N-methyl/N-ethyl adjacent to an activating group) is 1. The molecule has 2 aromatic rings. The Morgan fingerprint density at radius 3 is 3.06 bits per heavy atom. The van der Waals surface area contributed by atoms with Crippen LogP contribution in [0.3, 0.4) is 0 Å². The fourth-order valence-corrected chi connectivity index (χ4v) is 1.94. The van der Waals surface area contributed by atoms with Crippen LogP contribution in [0.4, 0.5) is 4.39 Å². The summed E-state index contributed by atoms with van der Waals surface area (Å²) in [6.45, 7) is 0.796. The smallest absolute Gasteiger partial charge is 0.196 e. The summed E-state index contributed by atoms with van der Waals surface area (Å²) in [6, 6.07) is 4.83. The normalized spacial score (nSPS) is 10.8. The Balaban J connectivity index is 2.27. The molecule has 0 unspecified atom stereocenters. The van der Waals surface area contributed by atoms with Gasteiger partial charge in [0.05, 0.1) is 10.7 Å². The van der Waals surface area contributed by atoms with Crippen LogP contribution >= 0.6 is 15.9 Å². The second kappa shape index (κ2) is 5.42. The fourth-order valence-electron chi connectivity index (χ4n) is 1.48. The van der Waals surface area contributed by atoms with Gasteiger partial charge in [0.25, 0.3) is 0 Å². The zero-order valence-electron chi connectivity index (χ0n) is 9.34. The second-order valence-corrected chi connectivity index (χ2v) is 4.37. The first-order chi connectivity index (χ1) is 8.22. The predicted octanol–water partition coefficient (Wildman–Crippen LogP) is 3.01. The zero-order valence-corrected chi connectivity index (χ0v) is 10.9. The standard InChI is InChI=1S/C12H12BrFN2O/c1-15-6-5-11-16-7-10(17-11)8-3-2-4-9(14)12(8)13/h2-4,7,15H,5-6H2,1H3. The summed E-state index contributed by atoms with van der Waals surface area (Å²) in [5, 5.41) is 3.02. The summed E-state index contributed by atoms with van der Waals surface area (Å²) in [7, 11) is 1.87. The molecule has 90 valence electrons. The lowest BCUT2D eigenvalue weighted by Crippen LogP contribution is -2.10. The van der Waals surface area contributed by atoms with Crippen molar-refractivity contribution in [2.24, 2.45) is 0 Å². The Morgan fingerprint density at radius 1 is 1.47 bits per heavy atom. The lowest BCUT2D eigenvalue weighted by molar-refractivity contribution is 0.500. The molecule has 5 heteroatoms. The summed E-state index contributed by atoms with van der Waals surface area (Å²) in [5.74, 6) is 0.906. The van der Waals surface area contributed by atoms with E-state index in [-0.39, 0.29) is 5.82 Å². The van der Waals surface area contributed by atoms with Gasteiger partial charge in [-0.05, 0) is 35.1 Å². The molecule has 0 bridgehead atoms. The minimum Gasteiger partial charge on any atom is -0.441 e. The Morgan fingerprint density at radius 2 is 2.29 bits per heavy atom. The number of nitrogens with one attached hydrogen (secondary N) is 1. The van der Waals surface area contributed by atoms with E-state index < -0.39 is 0 Å². The number of benzene rings is 1. The maximum Gasteiger partial charge on any atom is 0.196 e. The molecule has 0 atom stereocenters. The highest BCUT2D eigenvalue weighted by Crippen LogP contribution is 2.30. The first-order valence-corrected chi connectivity index (χ1v) is 6.05. The molecule has 0 saturated heterocycles. The molecule has 1 aromatic carbocycles. The molecular formula is C12H12BrFN2O. The largest absolute Gasteiger partial charge is 0.441 e. The van der Waals surface area contributed by atoms with Gasteiger partial charge in [0.2, 0.25) is 0 Å². The van der Waals surface area contributed by atoms with E-state index >= 15 is 0 Å². The van der Waals surface area contributed by atoms with Crippen LogP contribution in [0.25, 0.3) is 11.3 Å². The quantitative estimate of drug-likeness (QED) is 0.943. The van der Waals surface area contributed by atoms with Gasteiger partial charge in [-0.1, -0.05) is 6.07 Å². The maximum atomic E-state index is 13.4. The van der Waals surface area contributed by atoms with Gasteiger partial charge >= 0.3 is 0 Å². The van der Waals surface area contributed by atoms with Crippen LogP contribution in [0, 0.1) is 5.82 Å². The molecule has 1 N–H and O–H groups in total. The van der Waals surface area contributed by atoms with Crippen molar-refractivity contribution >= 4 is 15.9 Å². The molecule has 0 radical (unpaired) electrons. The molecule has 0 fully saturated rings. The van der Waals surface area contributed by atoms with Gasteiger partial charge < -0.3 is 9.73 Å². The average Bonchev–Trinajstić information content (AvgIpc) is 2.78. The first kappa shape index (κ1) is 12.3. The van der Waals surface area contributed by atoms with Crippen LogP contribution in [-0.4, -0.2) is 18.6 Å². The maximum absolute atomic E-state index is 13.4. The molecule has 0 saturated carbocycles. The Bertz CT molecular complexity index is 513. The van der Waals surface area contributed by atoms with E-state index in [1.54, 1.807) is 18.3 Å². The summed E-state index contributed by atoms with van der Waals surface area (Å²) in [4.78, 5) is 4.15. The second-order valence-electron chi connectivity index (χ2n) is 3.57. The van der Waals surface area contributed by atoms with Gasteiger partial charge in [-0.3, -0.25) is 0 Å². The van der Waals surface area contributed by atoms with E-state index in [0.717, 1.165) is 6.54 Å². The topological polar surface area (TPSA) is 38.1 Å². The molecule has 2 rings (SSSR count). The SMILES string of the molecule is CNCCc1ncc(-c2cccc(F)c2Br)o1. The predicted molar refractivity (Wildman–Crippen MR) is 67.2 cm³/mol. The van der Waals surface area contributed by atoms with Gasteiger partial charge in [0.15, 0.2) is 11.7 Å². The molecule has 17 heavy (non-hydrogen) atoms. The molecule has 0 aliphatic heterocycles. The monoisotopic (exact) mass is 298 g/mol. The molecule has 3 nitrogen and oxygen atoms in total. The van der Waals surface area contributed by atoms with Crippen LogP contribution < -0.4 is 5.32 Å². The van der Waals surface area contributed by atoms with Crippen molar-refractivity contribution in [3.8, 4) is 11.3 Å². The van der Waals surface area contributed by atoms with Crippen LogP contribution in [-0.2, 0) is 6.42 Å². The number of aromatic nitrogens is 1. The Hall–Kier alpha value is -1.20. The van der Waals surface area contributed by atoms with Gasteiger partial charge in [-0.15, -0.1) is 0 Å². The number of hydrogen-bond acceptors (Lipinski definition) is 3. The van der Waals surface area contributed by atoms with Crippen molar-refractivity contribution in [3.05, 3.63) is 40.6 Å². The van der Waals surface area contributed by atoms with E-state index in [9.17, 15) is 4.39 Å². The van der Waals surface area contributed by atoms with E-state index in [2.05, 4.69) is 26.2 Å². The van der Waals surface area contributed by atoms with Gasteiger partial charge in [0.1, 0.15) is 5.82 Å². The van der Waals surface area contributed by atoms with Gasteiger partial charge in [-0.2, -0.15) is 0 Å². The summed E-state index contributed by atoms with van der Waals surface area (Å²) in [5.41, 5.74) is 0.674. The number of hydrogen-bond donors (Lipinski definition) is 1. The number of nitrogens with zero attached hydrogens (tertiary/aromatic N) is 1. The van der Waals surface area contributed by atoms with Crippen LogP contribution in [0.1, 0.15) is 5.89 Å². The minimum absolute atomic E-state index is 0.310. The first-order valence-electron chi connectivity index (χ1n) is 5.26. The molecule has 0 aliphatic rings. The summed E-state index contributed by atoms with van der Waals surface area (Å²) in [6.07, 6.45) is 2.33. The molecule has 1 heterocycles. The van der Waals surface area contributed by atoms with Crippen molar-refractivity contribution in [1.82, 2.24) is 10.3 Å². The number of rotatable bonds is 4. The lowest BCUT2D eigenvalue weighted by atomic mass is 10.2. The Labute approximate surface area is 107 Å². The van der Waals surface area contributed by atoms with Gasteiger partial charge in [0, 0.05) is 18.5 Å². The van der Waals surface area contributed by atoms with E-state index in [0.29, 0.717) is 28.1 Å². The average molecular weight is 299 g/mol. The minimum atomic E-state index is -0.310. The van der Waals surface area contributed by atoms with Crippen LogP contribution in [0.2, 0.25) is 0 Å². The highest BCUT2D eigenvalue weighted by molar-refractivity contribution is 9.10. The summed E-state index contributed by atoms with van der Waals surface area (Å²) >= 11 is 3.20. The third-order valence-corrected chi connectivity index (χ3v) is 3.17. The fraction of sp³-hybridized carbons (Fsp3) is 0.250. The molecule has 0 amide bonds. The highest BCUT2D eigenvalue weighted by atomic mass is 79.9. The van der Waals surface area contributed by atoms with Crippen molar-refractivity contribution in [2.45, 2.75) is 6.42 Å². The van der Waals surface area contributed by atoms with Crippen molar-refractivity contribution in [2.75, 3.05) is 13.6 Å². The molecule has 0 aliphatic carbocycles. The zero-order chi connectivity index (χ0) is 12.3. The van der Waals surface area contributed by atoms with Crippen LogP contribution in [0.5, 0.6) is 0 Å². The molecule has 1 aromatic heterocycles. The third-order valence-electron chi connectivity index (χ3n) is 2.36. The molecule has 0 spiro atoms. The highest BCUT2D eigenvalue weighted by Gasteiger charge is 2.11. The van der Waals surface area contributed by atoms with Crippen molar-refractivity contribution < 1.29 is 8.81 Å². The van der Waals surface area contributed by atoms with Crippen molar-refractivity contribution in [3.63, 3.8) is 0 Å². The summed E-state index contributed by atoms with van der Waals surface area (Å²) < 4.78 is 19.3. The lowest BCUT2D eigenvalue weighted by Gasteiger charge is -2.01. The van der Waals surface area contributed by atoms with E-state index in [1.165, 1.54) is 6.07 Å². The Kier molecular flexibility index (Phi) is 3.91. The van der Waals surface area contributed by atoms with Crippen LogP contribution in [0.15, 0.2) is 33.3 Å². The van der Waals surface area contributed by atoms with Gasteiger partial charge in [-0.25, -0.2) is 9.37 Å².